The van der Waals surface area contributed by atoms with Crippen molar-refractivity contribution in [3.8, 4) is 11.3 Å². The highest BCUT2D eigenvalue weighted by Crippen LogP contribution is 2.27. The van der Waals surface area contributed by atoms with Gasteiger partial charge in [0.2, 0.25) is 0 Å². The average molecular weight is 313 g/mol. The Balaban J connectivity index is 1.93. The van der Waals surface area contributed by atoms with Crippen molar-refractivity contribution in [3.05, 3.63) is 76.2 Å². The molecule has 1 unspecified atom stereocenters. The zero-order valence-corrected chi connectivity index (χ0v) is 13.2. The van der Waals surface area contributed by atoms with Gasteiger partial charge in [-0.15, -0.1) is 0 Å². The summed E-state index contributed by atoms with van der Waals surface area (Å²) < 4.78 is 0. The summed E-state index contributed by atoms with van der Waals surface area (Å²) in [7, 11) is 0. The molecular formula is C18H17ClN2O. The van der Waals surface area contributed by atoms with Crippen molar-refractivity contribution in [2.45, 2.75) is 20.0 Å². The molecule has 3 rings (SSSR count). The first kappa shape index (κ1) is 14.8. The molecule has 4 heteroatoms. The zero-order chi connectivity index (χ0) is 15.7. The second-order valence-corrected chi connectivity index (χ2v) is 5.89. The molecule has 0 spiro atoms. The average Bonchev–Trinajstić information content (AvgIpc) is 2.96. The Kier molecular flexibility index (Phi) is 4.01. The van der Waals surface area contributed by atoms with Gasteiger partial charge >= 0.3 is 0 Å². The number of hydrogen-bond acceptors (Lipinski definition) is 2. The number of nitrogens with one attached hydrogen (secondary N) is 1. The Labute approximate surface area is 134 Å². The predicted molar refractivity (Wildman–Crippen MR) is 89.0 cm³/mol. The molecule has 1 heterocycles. The summed E-state index contributed by atoms with van der Waals surface area (Å²) in [5.41, 5.74) is 4.87. The second-order valence-electron chi connectivity index (χ2n) is 5.46. The number of nitrogens with zero attached hydrogens (tertiary/aromatic N) is 1. The first-order chi connectivity index (χ1) is 10.5. The number of H-pyrrole nitrogens is 1. The monoisotopic (exact) mass is 312 g/mol. The van der Waals surface area contributed by atoms with Gasteiger partial charge in [-0.25, -0.2) is 4.98 Å². The third kappa shape index (κ3) is 2.91. The smallest absolute Gasteiger partial charge is 0.140 e. The van der Waals surface area contributed by atoms with Gasteiger partial charge in [-0.05, 0) is 48.7 Å². The summed E-state index contributed by atoms with van der Waals surface area (Å²) >= 11 is 5.96. The minimum atomic E-state index is -0.796. The van der Waals surface area contributed by atoms with Crippen molar-refractivity contribution >= 4 is 11.6 Å². The molecule has 0 saturated carbocycles. The summed E-state index contributed by atoms with van der Waals surface area (Å²) in [5, 5.41) is 11.2. The highest BCUT2D eigenvalue weighted by Gasteiger charge is 2.17. The van der Waals surface area contributed by atoms with Crippen LogP contribution in [0.25, 0.3) is 11.3 Å². The largest absolute Gasteiger partial charge is 0.380 e. The number of aromatic nitrogens is 2. The molecule has 0 amide bonds. The minimum Gasteiger partial charge on any atom is -0.380 e. The first-order valence-electron chi connectivity index (χ1n) is 7.10. The Bertz CT molecular complexity index is 810. The van der Waals surface area contributed by atoms with Crippen molar-refractivity contribution in [2.75, 3.05) is 0 Å². The maximum absolute atomic E-state index is 10.5. The van der Waals surface area contributed by atoms with E-state index in [9.17, 15) is 5.11 Å². The van der Waals surface area contributed by atoms with Crippen molar-refractivity contribution in [1.82, 2.24) is 9.97 Å². The van der Waals surface area contributed by atoms with Gasteiger partial charge in [-0.1, -0.05) is 41.4 Å². The molecule has 22 heavy (non-hydrogen) atoms. The lowest BCUT2D eigenvalue weighted by Crippen LogP contribution is -2.04. The lowest BCUT2D eigenvalue weighted by molar-refractivity contribution is 0.210. The fraction of sp³-hybridized carbons (Fsp3) is 0.167. The number of benzene rings is 2. The van der Waals surface area contributed by atoms with E-state index in [1.165, 1.54) is 5.56 Å². The van der Waals surface area contributed by atoms with Gasteiger partial charge < -0.3 is 10.1 Å². The Morgan fingerprint density at radius 3 is 2.68 bits per heavy atom. The van der Waals surface area contributed by atoms with E-state index in [1.807, 2.05) is 44.2 Å². The zero-order valence-electron chi connectivity index (χ0n) is 12.5. The topological polar surface area (TPSA) is 48.9 Å². The number of hydrogen-bond donors (Lipinski definition) is 2. The third-order valence-corrected chi connectivity index (χ3v) is 3.95. The van der Waals surface area contributed by atoms with Gasteiger partial charge in [0.05, 0.1) is 11.9 Å². The van der Waals surface area contributed by atoms with E-state index in [0.29, 0.717) is 10.8 Å². The van der Waals surface area contributed by atoms with E-state index < -0.39 is 6.10 Å². The summed E-state index contributed by atoms with van der Waals surface area (Å²) in [5.74, 6) is 0.530. The quantitative estimate of drug-likeness (QED) is 0.751. The lowest BCUT2D eigenvalue weighted by atomic mass is 10.0. The molecule has 112 valence electrons. The van der Waals surface area contributed by atoms with Gasteiger partial charge in [0.15, 0.2) is 0 Å². The molecule has 1 atom stereocenters. The van der Waals surface area contributed by atoms with Crippen LogP contribution in [0.5, 0.6) is 0 Å². The highest BCUT2D eigenvalue weighted by molar-refractivity contribution is 6.30. The Morgan fingerprint density at radius 2 is 1.95 bits per heavy atom. The molecule has 1 aromatic heterocycles. The number of rotatable bonds is 3. The first-order valence-corrected chi connectivity index (χ1v) is 7.48. The Hall–Kier alpha value is -2.10. The fourth-order valence-electron chi connectivity index (χ4n) is 2.53. The molecule has 0 saturated heterocycles. The Morgan fingerprint density at radius 1 is 1.14 bits per heavy atom. The van der Waals surface area contributed by atoms with Crippen LogP contribution in [0.2, 0.25) is 5.02 Å². The third-order valence-electron chi connectivity index (χ3n) is 3.71. The molecule has 0 aliphatic carbocycles. The molecule has 0 aliphatic heterocycles. The van der Waals surface area contributed by atoms with Crippen LogP contribution < -0.4 is 0 Å². The van der Waals surface area contributed by atoms with Crippen LogP contribution in [0.15, 0.2) is 48.7 Å². The van der Waals surface area contributed by atoms with Crippen LogP contribution in [0, 0.1) is 13.8 Å². The van der Waals surface area contributed by atoms with E-state index in [1.54, 1.807) is 12.3 Å². The van der Waals surface area contributed by atoms with Crippen LogP contribution in [-0.2, 0) is 0 Å². The number of aliphatic hydroxyl groups excluding tert-OH is 1. The maximum atomic E-state index is 10.5. The number of aromatic amines is 1. The standard InChI is InChI=1S/C18H17ClN2O/c1-11-4-3-5-13(8-11)16-10-20-18(21-16)17(22)15-7-6-14(19)9-12(15)2/h3-10,17,22H,1-2H3,(H,20,21). The molecular weight excluding hydrogens is 296 g/mol. The van der Waals surface area contributed by atoms with Crippen molar-refractivity contribution in [1.29, 1.82) is 0 Å². The number of halogens is 1. The SMILES string of the molecule is Cc1cccc(-c2cnc(C(O)c3ccc(Cl)cc3C)[nH]2)c1. The normalized spacial score (nSPS) is 12.4. The molecule has 2 N–H and O–H groups in total. The fourth-order valence-corrected chi connectivity index (χ4v) is 2.75. The van der Waals surface area contributed by atoms with Crippen LogP contribution in [0.4, 0.5) is 0 Å². The molecule has 0 aliphatic rings. The number of aliphatic hydroxyl groups is 1. The van der Waals surface area contributed by atoms with Crippen molar-refractivity contribution in [3.63, 3.8) is 0 Å². The van der Waals surface area contributed by atoms with E-state index in [2.05, 4.69) is 16.0 Å². The van der Waals surface area contributed by atoms with Gasteiger partial charge in [-0.2, -0.15) is 0 Å². The van der Waals surface area contributed by atoms with Crippen molar-refractivity contribution in [2.24, 2.45) is 0 Å². The molecule has 0 radical (unpaired) electrons. The minimum absolute atomic E-state index is 0.530. The number of aryl methyl sites for hydroxylation is 2. The van der Waals surface area contributed by atoms with E-state index in [4.69, 9.17) is 11.6 Å². The summed E-state index contributed by atoms with van der Waals surface area (Å²) in [6, 6.07) is 13.6. The van der Waals surface area contributed by atoms with E-state index >= 15 is 0 Å². The molecule has 2 aromatic carbocycles. The van der Waals surface area contributed by atoms with Gasteiger partial charge in [0.25, 0.3) is 0 Å². The lowest BCUT2D eigenvalue weighted by Gasteiger charge is -2.11. The van der Waals surface area contributed by atoms with Gasteiger partial charge in [0.1, 0.15) is 11.9 Å². The van der Waals surface area contributed by atoms with Crippen LogP contribution in [0.1, 0.15) is 28.6 Å². The van der Waals surface area contributed by atoms with Gasteiger partial charge in [-0.3, -0.25) is 0 Å². The second kappa shape index (κ2) is 5.95. The molecule has 3 nitrogen and oxygen atoms in total. The van der Waals surface area contributed by atoms with Crippen LogP contribution in [-0.4, -0.2) is 15.1 Å². The van der Waals surface area contributed by atoms with Crippen LogP contribution >= 0.6 is 11.6 Å². The maximum Gasteiger partial charge on any atom is 0.140 e. The van der Waals surface area contributed by atoms with Crippen molar-refractivity contribution < 1.29 is 5.11 Å². The summed E-state index contributed by atoms with van der Waals surface area (Å²) in [6.45, 7) is 3.97. The van der Waals surface area contributed by atoms with Gasteiger partial charge in [0, 0.05) is 5.02 Å². The highest BCUT2D eigenvalue weighted by atomic mass is 35.5. The van der Waals surface area contributed by atoms with E-state index in [0.717, 1.165) is 22.4 Å². The van der Waals surface area contributed by atoms with Crippen LogP contribution in [0.3, 0.4) is 0 Å². The van der Waals surface area contributed by atoms with E-state index in [-0.39, 0.29) is 0 Å². The number of imidazole rings is 1. The predicted octanol–water partition coefficient (Wildman–Crippen LogP) is 4.43. The molecule has 0 fully saturated rings. The summed E-state index contributed by atoms with van der Waals surface area (Å²) in [6.07, 6.45) is 0.953. The molecule has 0 bridgehead atoms. The summed E-state index contributed by atoms with van der Waals surface area (Å²) in [4.78, 5) is 7.53. The molecule has 3 aromatic rings.